The Morgan fingerprint density at radius 3 is 2.64 bits per heavy atom. The molecule has 5 heteroatoms. The molecular weight excluding hydrogens is 188 g/mol. The summed E-state index contributed by atoms with van der Waals surface area (Å²) in [6.07, 6.45) is 0.442. The first-order chi connectivity index (χ1) is 6.60. The number of aromatic carboxylic acids is 1. The molecule has 0 spiro atoms. The van der Waals surface area contributed by atoms with E-state index in [9.17, 15) is 9.59 Å². The van der Waals surface area contributed by atoms with E-state index in [0.29, 0.717) is 12.2 Å². The molecule has 76 valence electrons. The van der Waals surface area contributed by atoms with Gasteiger partial charge in [0.25, 0.3) is 0 Å². The van der Waals surface area contributed by atoms with Gasteiger partial charge in [0.15, 0.2) is 0 Å². The molecule has 14 heavy (non-hydrogen) atoms. The van der Waals surface area contributed by atoms with Crippen LogP contribution in [0, 0.1) is 0 Å². The minimum absolute atomic E-state index is 0.174. The van der Waals surface area contributed by atoms with Crippen LogP contribution in [0.5, 0.6) is 0 Å². The molecule has 1 aromatic rings. The van der Waals surface area contributed by atoms with Gasteiger partial charge in [-0.05, 0) is 0 Å². The van der Waals surface area contributed by atoms with Crippen molar-refractivity contribution in [2.75, 3.05) is 7.11 Å². The largest absolute Gasteiger partial charge is 0.475 e. The minimum Gasteiger partial charge on any atom is -0.475 e. The predicted molar refractivity (Wildman–Crippen MR) is 46.4 cm³/mol. The Bertz CT molecular complexity index is 363. The maximum atomic E-state index is 11.2. The average molecular weight is 198 g/mol. The van der Waals surface area contributed by atoms with Crippen LogP contribution in [0.15, 0.2) is 10.5 Å². The molecule has 0 radical (unpaired) electrons. The van der Waals surface area contributed by atoms with Crippen molar-refractivity contribution in [2.45, 2.75) is 13.3 Å². The monoisotopic (exact) mass is 198 g/mol. The maximum absolute atomic E-state index is 11.2. The first-order valence-electron chi connectivity index (χ1n) is 4.04. The number of methoxy groups -OCH3 is 1. The number of esters is 1. The number of ether oxygens (including phenoxy) is 1. The summed E-state index contributed by atoms with van der Waals surface area (Å²) >= 11 is 0. The lowest BCUT2D eigenvalue weighted by molar-refractivity contribution is 0.0596. The first-order valence-corrected chi connectivity index (χ1v) is 4.04. The predicted octanol–water partition coefficient (Wildman–Crippen LogP) is 1.33. The fraction of sp³-hybridized carbons (Fsp3) is 0.333. The van der Waals surface area contributed by atoms with Crippen molar-refractivity contribution >= 4 is 11.9 Å². The van der Waals surface area contributed by atoms with Gasteiger partial charge in [0.05, 0.1) is 7.11 Å². The molecule has 0 aromatic carbocycles. The topological polar surface area (TPSA) is 76.7 Å². The summed E-state index contributed by atoms with van der Waals surface area (Å²) in [7, 11) is 1.23. The van der Waals surface area contributed by atoms with E-state index in [1.54, 1.807) is 6.92 Å². The zero-order chi connectivity index (χ0) is 10.7. The second-order valence-electron chi connectivity index (χ2n) is 2.60. The van der Waals surface area contributed by atoms with Gasteiger partial charge in [0.2, 0.25) is 5.76 Å². The van der Waals surface area contributed by atoms with Crippen molar-refractivity contribution in [1.29, 1.82) is 0 Å². The van der Waals surface area contributed by atoms with Crippen LogP contribution >= 0.6 is 0 Å². The molecule has 1 N–H and O–H groups in total. The van der Waals surface area contributed by atoms with Gasteiger partial charge in [-0.2, -0.15) is 0 Å². The number of carbonyl (C=O) groups is 2. The summed E-state index contributed by atoms with van der Waals surface area (Å²) in [5.74, 6) is -1.70. The standard InChI is InChI=1S/C9H10O5/c1-3-6-5(9(12)13-2)4-7(14-6)8(10)11/h4H,3H2,1-2H3,(H,10,11). The molecular formula is C9H10O5. The van der Waals surface area contributed by atoms with E-state index in [1.807, 2.05) is 0 Å². The lowest BCUT2D eigenvalue weighted by Gasteiger charge is -1.95. The van der Waals surface area contributed by atoms with Crippen molar-refractivity contribution in [2.24, 2.45) is 0 Å². The number of carboxylic acids is 1. The maximum Gasteiger partial charge on any atom is 0.371 e. The highest BCUT2D eigenvalue weighted by Crippen LogP contribution is 2.17. The Labute approximate surface area is 80.3 Å². The average Bonchev–Trinajstić information content (AvgIpc) is 2.60. The normalized spacial score (nSPS) is 9.86. The van der Waals surface area contributed by atoms with Crippen LogP contribution in [0.2, 0.25) is 0 Å². The Kier molecular flexibility index (Phi) is 2.91. The molecule has 0 unspecified atom stereocenters. The summed E-state index contributed by atoms with van der Waals surface area (Å²) in [6, 6.07) is 1.17. The van der Waals surface area contributed by atoms with E-state index in [-0.39, 0.29) is 11.3 Å². The van der Waals surface area contributed by atoms with E-state index in [0.717, 1.165) is 0 Å². The highest BCUT2D eigenvalue weighted by atomic mass is 16.5. The summed E-state index contributed by atoms with van der Waals surface area (Å²) in [6.45, 7) is 1.76. The van der Waals surface area contributed by atoms with Crippen molar-refractivity contribution in [3.8, 4) is 0 Å². The highest BCUT2D eigenvalue weighted by molar-refractivity contribution is 5.94. The van der Waals surface area contributed by atoms with Crippen molar-refractivity contribution in [3.63, 3.8) is 0 Å². The molecule has 0 aliphatic heterocycles. The summed E-state index contributed by atoms with van der Waals surface area (Å²) < 4.78 is 9.43. The van der Waals surface area contributed by atoms with Gasteiger partial charge >= 0.3 is 11.9 Å². The Balaban J connectivity index is 3.15. The summed E-state index contributed by atoms with van der Waals surface area (Å²) in [5, 5.41) is 8.63. The smallest absolute Gasteiger partial charge is 0.371 e. The van der Waals surface area contributed by atoms with Gasteiger partial charge in [-0.25, -0.2) is 9.59 Å². The van der Waals surface area contributed by atoms with Gasteiger partial charge in [0.1, 0.15) is 11.3 Å². The van der Waals surface area contributed by atoms with Crippen molar-refractivity contribution in [1.82, 2.24) is 0 Å². The van der Waals surface area contributed by atoms with E-state index in [2.05, 4.69) is 4.74 Å². The number of carbonyl (C=O) groups excluding carboxylic acids is 1. The molecule has 1 rings (SSSR count). The third-order valence-electron chi connectivity index (χ3n) is 1.75. The number of hydrogen-bond acceptors (Lipinski definition) is 4. The molecule has 1 aromatic heterocycles. The van der Waals surface area contributed by atoms with E-state index >= 15 is 0 Å². The zero-order valence-electron chi connectivity index (χ0n) is 7.86. The lowest BCUT2D eigenvalue weighted by atomic mass is 10.2. The van der Waals surface area contributed by atoms with Gasteiger partial charge < -0.3 is 14.3 Å². The molecule has 0 aliphatic rings. The van der Waals surface area contributed by atoms with Gasteiger partial charge in [-0.15, -0.1) is 0 Å². The van der Waals surface area contributed by atoms with Crippen LogP contribution in [-0.2, 0) is 11.2 Å². The Morgan fingerprint density at radius 2 is 2.21 bits per heavy atom. The molecule has 0 atom stereocenters. The van der Waals surface area contributed by atoms with Crippen LogP contribution in [0.25, 0.3) is 0 Å². The van der Waals surface area contributed by atoms with Crippen molar-refractivity contribution in [3.05, 3.63) is 23.2 Å². The molecule has 1 heterocycles. The van der Waals surface area contributed by atoms with Crippen molar-refractivity contribution < 1.29 is 23.8 Å². The SMILES string of the molecule is CCc1oc(C(=O)O)cc1C(=O)OC. The number of hydrogen-bond donors (Lipinski definition) is 1. The van der Waals surface area contributed by atoms with E-state index < -0.39 is 11.9 Å². The van der Waals surface area contributed by atoms with Crippen LogP contribution in [0.4, 0.5) is 0 Å². The lowest BCUT2D eigenvalue weighted by Crippen LogP contribution is -2.02. The minimum atomic E-state index is -1.20. The third-order valence-corrected chi connectivity index (χ3v) is 1.75. The first kappa shape index (κ1) is 10.3. The van der Waals surface area contributed by atoms with Crippen LogP contribution in [0.3, 0.4) is 0 Å². The number of rotatable bonds is 3. The molecule has 0 saturated heterocycles. The highest BCUT2D eigenvalue weighted by Gasteiger charge is 2.20. The van der Waals surface area contributed by atoms with Crippen LogP contribution in [0.1, 0.15) is 33.6 Å². The van der Waals surface area contributed by atoms with E-state index in [1.165, 1.54) is 13.2 Å². The molecule has 0 saturated carbocycles. The number of carboxylic acid groups (broad SMARTS) is 1. The van der Waals surface area contributed by atoms with Gasteiger partial charge in [-0.3, -0.25) is 0 Å². The molecule has 0 bridgehead atoms. The molecule has 0 aliphatic carbocycles. The Morgan fingerprint density at radius 1 is 1.57 bits per heavy atom. The second-order valence-corrected chi connectivity index (χ2v) is 2.60. The molecule has 0 amide bonds. The second kappa shape index (κ2) is 3.95. The summed E-state index contributed by atoms with van der Waals surface area (Å²) in [5.41, 5.74) is 0.174. The fourth-order valence-corrected chi connectivity index (χ4v) is 1.08. The Hall–Kier alpha value is -1.78. The van der Waals surface area contributed by atoms with Crippen LogP contribution < -0.4 is 0 Å². The number of furan rings is 1. The van der Waals surface area contributed by atoms with Gasteiger partial charge in [-0.1, -0.05) is 6.92 Å². The molecule has 5 nitrogen and oxygen atoms in total. The van der Waals surface area contributed by atoms with Crippen LogP contribution in [-0.4, -0.2) is 24.2 Å². The molecule has 0 fully saturated rings. The fourth-order valence-electron chi connectivity index (χ4n) is 1.08. The summed E-state index contributed by atoms with van der Waals surface area (Å²) in [4.78, 5) is 21.7. The van der Waals surface area contributed by atoms with E-state index in [4.69, 9.17) is 9.52 Å². The van der Waals surface area contributed by atoms with Gasteiger partial charge in [0, 0.05) is 12.5 Å². The quantitative estimate of drug-likeness (QED) is 0.741. The zero-order valence-corrected chi connectivity index (χ0v) is 7.86. The number of aryl methyl sites for hydroxylation is 1. The third kappa shape index (κ3) is 1.76.